The van der Waals surface area contributed by atoms with E-state index in [0.29, 0.717) is 15.6 Å². The normalized spacial score (nSPS) is 15.0. The number of benzene rings is 1. The van der Waals surface area contributed by atoms with Gasteiger partial charge in [-0.15, -0.1) is 0 Å². The van der Waals surface area contributed by atoms with Crippen LogP contribution in [0.2, 0.25) is 10.0 Å². The summed E-state index contributed by atoms with van der Waals surface area (Å²) in [7, 11) is 0. The van der Waals surface area contributed by atoms with Gasteiger partial charge in [0.05, 0.1) is 9.83 Å². The van der Waals surface area contributed by atoms with Crippen LogP contribution in [0.4, 0.5) is 10.5 Å². The summed E-state index contributed by atoms with van der Waals surface area (Å²) in [6, 6.07) is 4.80. The Hall–Kier alpha value is -2.89. The molecule has 13 heteroatoms. The predicted molar refractivity (Wildman–Crippen MR) is 121 cm³/mol. The second-order valence-electron chi connectivity index (χ2n) is 6.78. The zero-order valence-electron chi connectivity index (χ0n) is 16.9. The van der Waals surface area contributed by atoms with E-state index >= 15 is 0 Å². The van der Waals surface area contributed by atoms with Gasteiger partial charge >= 0.3 is 5.69 Å². The molecule has 2 aromatic rings. The molecule has 1 aliphatic rings. The van der Waals surface area contributed by atoms with Gasteiger partial charge in [0.25, 0.3) is 11.1 Å². The van der Waals surface area contributed by atoms with Gasteiger partial charge < -0.3 is 5.32 Å². The molecule has 1 aromatic heterocycles. The van der Waals surface area contributed by atoms with E-state index in [1.165, 1.54) is 30.7 Å². The van der Waals surface area contributed by atoms with Crippen molar-refractivity contribution in [3.8, 4) is 0 Å². The molecule has 3 amide bonds. The molecular formula is C19H17Cl2N5O5S. The van der Waals surface area contributed by atoms with Crippen LogP contribution in [0.1, 0.15) is 17.0 Å². The first-order valence-corrected chi connectivity index (χ1v) is 10.8. The Morgan fingerprint density at radius 3 is 2.66 bits per heavy atom. The summed E-state index contributed by atoms with van der Waals surface area (Å²) >= 11 is 12.8. The van der Waals surface area contributed by atoms with E-state index in [1.807, 2.05) is 0 Å². The number of carbonyl (C=O) groups is 3. The van der Waals surface area contributed by atoms with E-state index in [2.05, 4.69) is 10.4 Å². The number of imide groups is 1. The summed E-state index contributed by atoms with van der Waals surface area (Å²) in [5, 5.41) is 18.0. The molecule has 32 heavy (non-hydrogen) atoms. The van der Waals surface area contributed by atoms with Crippen LogP contribution in [0.3, 0.4) is 0 Å². The Bertz CT molecular complexity index is 1160. The first kappa shape index (κ1) is 23.8. The maximum Gasteiger partial charge on any atom is 0.312 e. The molecule has 1 fully saturated rings. The van der Waals surface area contributed by atoms with Gasteiger partial charge in [0, 0.05) is 23.1 Å². The number of aryl methyl sites for hydroxylation is 1. The smallest absolute Gasteiger partial charge is 0.312 e. The van der Waals surface area contributed by atoms with Gasteiger partial charge in [-0.25, -0.2) is 0 Å². The Morgan fingerprint density at radius 1 is 1.31 bits per heavy atom. The van der Waals surface area contributed by atoms with Crippen LogP contribution < -0.4 is 5.32 Å². The molecule has 1 aromatic carbocycles. The minimum absolute atomic E-state index is 0.0211. The third kappa shape index (κ3) is 5.12. The summed E-state index contributed by atoms with van der Waals surface area (Å²) in [5.41, 5.74) is 0.891. The zero-order chi connectivity index (χ0) is 23.6. The molecule has 0 saturated carbocycles. The molecule has 0 radical (unpaired) electrons. The number of rotatable bonds is 7. The van der Waals surface area contributed by atoms with Gasteiger partial charge in [-0.2, -0.15) is 5.10 Å². The summed E-state index contributed by atoms with van der Waals surface area (Å²) in [4.78, 5) is 48.7. The van der Waals surface area contributed by atoms with Crippen LogP contribution in [0.15, 0.2) is 23.1 Å². The highest BCUT2D eigenvalue weighted by Gasteiger charge is 2.34. The van der Waals surface area contributed by atoms with Gasteiger partial charge in [-0.1, -0.05) is 29.3 Å². The first-order valence-electron chi connectivity index (χ1n) is 9.24. The lowest BCUT2D eigenvalue weighted by molar-refractivity contribution is -0.386. The van der Waals surface area contributed by atoms with Crippen LogP contribution in [0, 0.1) is 24.0 Å². The highest BCUT2D eigenvalue weighted by Crippen LogP contribution is 2.33. The molecule has 0 aliphatic carbocycles. The molecule has 3 rings (SSSR count). The SMILES string of the molecule is Cc1nn(CC(=O)NCCN2C(=O)S/C(=C\c3ccc(Cl)cc3Cl)C2=O)c(C)c1[N+](=O)[O-]. The average molecular weight is 498 g/mol. The standard InChI is InChI=1S/C19H17Cl2N5O5S/c1-10-17(26(30)31)11(2)25(23-10)9-16(27)22-5-6-24-18(28)15(32-19(24)29)7-12-3-4-13(20)8-14(12)21/h3-4,7-8H,5-6,9H2,1-2H3,(H,22,27)/b15-7-. The van der Waals surface area contributed by atoms with E-state index in [4.69, 9.17) is 23.2 Å². The number of halogens is 2. The fourth-order valence-electron chi connectivity index (χ4n) is 3.06. The fourth-order valence-corrected chi connectivity index (χ4v) is 4.38. The third-order valence-electron chi connectivity index (χ3n) is 4.60. The van der Waals surface area contributed by atoms with Crippen molar-refractivity contribution in [2.24, 2.45) is 0 Å². The highest BCUT2D eigenvalue weighted by molar-refractivity contribution is 8.18. The Morgan fingerprint density at radius 2 is 2.03 bits per heavy atom. The molecule has 2 heterocycles. The molecule has 168 valence electrons. The van der Waals surface area contributed by atoms with Gasteiger partial charge in [0.1, 0.15) is 17.9 Å². The number of thioether (sulfide) groups is 1. The number of nitro groups is 1. The lowest BCUT2D eigenvalue weighted by Crippen LogP contribution is -2.38. The van der Waals surface area contributed by atoms with E-state index in [0.717, 1.165) is 16.7 Å². The topological polar surface area (TPSA) is 127 Å². The van der Waals surface area contributed by atoms with Crippen molar-refractivity contribution in [3.05, 3.63) is 60.2 Å². The molecular weight excluding hydrogens is 481 g/mol. The monoisotopic (exact) mass is 497 g/mol. The van der Waals surface area contributed by atoms with Crippen LogP contribution in [-0.2, 0) is 16.1 Å². The molecule has 1 aliphatic heterocycles. The van der Waals surface area contributed by atoms with E-state index in [9.17, 15) is 24.5 Å². The second kappa shape index (κ2) is 9.72. The molecule has 10 nitrogen and oxygen atoms in total. The van der Waals surface area contributed by atoms with E-state index < -0.39 is 22.0 Å². The van der Waals surface area contributed by atoms with Crippen molar-refractivity contribution < 1.29 is 19.3 Å². The van der Waals surface area contributed by atoms with Crippen molar-refractivity contribution in [1.82, 2.24) is 20.0 Å². The number of carbonyl (C=O) groups excluding carboxylic acids is 3. The van der Waals surface area contributed by atoms with Gasteiger partial charge in [0.2, 0.25) is 5.91 Å². The van der Waals surface area contributed by atoms with Crippen molar-refractivity contribution >= 4 is 63.8 Å². The average Bonchev–Trinajstić information content (AvgIpc) is 3.13. The number of amides is 3. The molecule has 0 spiro atoms. The minimum Gasteiger partial charge on any atom is -0.353 e. The summed E-state index contributed by atoms with van der Waals surface area (Å²) < 4.78 is 1.24. The lowest BCUT2D eigenvalue weighted by Gasteiger charge is -2.13. The predicted octanol–water partition coefficient (Wildman–Crippen LogP) is 3.57. The van der Waals surface area contributed by atoms with Crippen molar-refractivity contribution in [2.75, 3.05) is 13.1 Å². The Balaban J connectivity index is 1.58. The van der Waals surface area contributed by atoms with E-state index in [-0.39, 0.29) is 41.6 Å². The zero-order valence-corrected chi connectivity index (χ0v) is 19.3. The summed E-state index contributed by atoms with van der Waals surface area (Å²) in [6.45, 7) is 2.76. The quantitative estimate of drug-likeness (QED) is 0.351. The number of aromatic nitrogens is 2. The molecule has 1 N–H and O–H groups in total. The number of nitrogens with zero attached hydrogens (tertiary/aromatic N) is 4. The fraction of sp³-hybridized carbons (Fsp3) is 0.263. The molecule has 0 unspecified atom stereocenters. The summed E-state index contributed by atoms with van der Waals surface area (Å²) in [6.07, 6.45) is 1.51. The van der Waals surface area contributed by atoms with Crippen LogP contribution in [0.5, 0.6) is 0 Å². The van der Waals surface area contributed by atoms with Crippen LogP contribution in [-0.4, -0.2) is 49.7 Å². The Kier molecular flexibility index (Phi) is 7.22. The van der Waals surface area contributed by atoms with Crippen molar-refractivity contribution in [1.29, 1.82) is 0 Å². The third-order valence-corrected chi connectivity index (χ3v) is 6.07. The maximum atomic E-state index is 12.6. The van der Waals surface area contributed by atoms with Crippen LogP contribution >= 0.6 is 35.0 Å². The number of hydrogen-bond acceptors (Lipinski definition) is 7. The largest absolute Gasteiger partial charge is 0.353 e. The number of hydrogen-bond donors (Lipinski definition) is 1. The first-order chi connectivity index (χ1) is 15.1. The lowest BCUT2D eigenvalue weighted by atomic mass is 10.2. The summed E-state index contributed by atoms with van der Waals surface area (Å²) in [5.74, 6) is -0.949. The van der Waals surface area contributed by atoms with Crippen molar-refractivity contribution in [3.63, 3.8) is 0 Å². The minimum atomic E-state index is -0.545. The molecule has 0 bridgehead atoms. The number of nitrogens with one attached hydrogen (secondary N) is 1. The van der Waals surface area contributed by atoms with Crippen molar-refractivity contribution in [2.45, 2.75) is 20.4 Å². The maximum absolute atomic E-state index is 12.6. The van der Waals surface area contributed by atoms with Gasteiger partial charge in [0.15, 0.2) is 0 Å². The van der Waals surface area contributed by atoms with E-state index in [1.54, 1.807) is 12.1 Å². The second-order valence-corrected chi connectivity index (χ2v) is 8.62. The van der Waals surface area contributed by atoms with Gasteiger partial charge in [-0.3, -0.25) is 34.1 Å². The van der Waals surface area contributed by atoms with Gasteiger partial charge in [-0.05, 0) is 49.4 Å². The molecule has 1 saturated heterocycles. The highest BCUT2D eigenvalue weighted by atomic mass is 35.5. The molecule has 0 atom stereocenters. The van der Waals surface area contributed by atoms with Crippen LogP contribution in [0.25, 0.3) is 6.08 Å². The Labute approximate surface area is 196 Å².